The first-order valence-electron chi connectivity index (χ1n) is 8.54. The van der Waals surface area contributed by atoms with E-state index >= 15 is 0 Å². The third-order valence-corrected chi connectivity index (χ3v) is 5.46. The molecule has 134 valence electrons. The van der Waals surface area contributed by atoms with E-state index in [-0.39, 0.29) is 11.4 Å². The van der Waals surface area contributed by atoms with Crippen LogP contribution >= 0.6 is 11.3 Å². The second kappa shape index (κ2) is 6.85. The first kappa shape index (κ1) is 17.2. The number of carbonyl (C=O) groups is 2. The van der Waals surface area contributed by atoms with Gasteiger partial charge in [-0.25, -0.2) is 0 Å². The van der Waals surface area contributed by atoms with E-state index in [9.17, 15) is 14.7 Å². The van der Waals surface area contributed by atoms with Crippen molar-refractivity contribution in [3.05, 3.63) is 99.4 Å². The highest BCUT2D eigenvalue weighted by atomic mass is 32.1. The number of ketones is 1. The second-order valence-electron chi connectivity index (χ2n) is 6.40. The quantitative estimate of drug-likeness (QED) is 0.664. The number of aryl methyl sites for hydroxylation is 1. The zero-order valence-electron chi connectivity index (χ0n) is 14.6. The van der Waals surface area contributed by atoms with Gasteiger partial charge in [0, 0.05) is 5.69 Å². The largest absolute Gasteiger partial charge is 0.503 e. The molecule has 0 saturated carbocycles. The molecule has 0 saturated heterocycles. The lowest BCUT2D eigenvalue weighted by molar-refractivity contribution is -0.117. The number of anilines is 1. The fourth-order valence-electron chi connectivity index (χ4n) is 3.39. The molecule has 1 aromatic heterocycles. The fraction of sp³-hybridized carbons (Fsp3) is 0.0909. The van der Waals surface area contributed by atoms with E-state index in [0.717, 1.165) is 11.1 Å². The number of aliphatic hydroxyl groups excluding tert-OH is 1. The first-order valence-corrected chi connectivity index (χ1v) is 9.42. The molecule has 3 aromatic rings. The average Bonchev–Trinajstić information content (AvgIpc) is 3.30. The average molecular weight is 375 g/mol. The van der Waals surface area contributed by atoms with Crippen LogP contribution in [0.25, 0.3) is 0 Å². The maximum absolute atomic E-state index is 13.1. The standard InChI is InChI=1S/C22H17NO3S/c1-14-7-5-8-15(13-14)19-18(20(24)17-11-6-12-27-17)21(25)22(26)23(19)16-9-3-2-4-10-16/h2-13,19,25H,1H3. The van der Waals surface area contributed by atoms with Crippen LogP contribution in [0.1, 0.15) is 26.8 Å². The number of benzene rings is 2. The van der Waals surface area contributed by atoms with Crippen molar-refractivity contribution >= 4 is 28.7 Å². The summed E-state index contributed by atoms with van der Waals surface area (Å²) in [5, 5.41) is 12.4. The number of aliphatic hydroxyl groups is 1. The van der Waals surface area contributed by atoms with Crippen LogP contribution in [0.3, 0.4) is 0 Å². The van der Waals surface area contributed by atoms with E-state index in [1.165, 1.54) is 16.2 Å². The smallest absolute Gasteiger partial charge is 0.294 e. The Morgan fingerprint density at radius 3 is 2.48 bits per heavy atom. The number of thiophene rings is 1. The summed E-state index contributed by atoms with van der Waals surface area (Å²) in [4.78, 5) is 28.0. The summed E-state index contributed by atoms with van der Waals surface area (Å²) in [6.45, 7) is 1.96. The molecule has 2 aromatic carbocycles. The van der Waals surface area contributed by atoms with Crippen LogP contribution in [0.5, 0.6) is 0 Å². The summed E-state index contributed by atoms with van der Waals surface area (Å²) >= 11 is 1.29. The minimum atomic E-state index is -0.672. The molecule has 27 heavy (non-hydrogen) atoms. The van der Waals surface area contributed by atoms with Crippen molar-refractivity contribution in [2.24, 2.45) is 0 Å². The topological polar surface area (TPSA) is 57.6 Å². The van der Waals surface area contributed by atoms with Crippen LogP contribution in [0.15, 0.2) is 83.4 Å². The Kier molecular flexibility index (Phi) is 4.38. The lowest BCUT2D eigenvalue weighted by Gasteiger charge is -2.27. The molecule has 1 N–H and O–H groups in total. The van der Waals surface area contributed by atoms with E-state index in [1.807, 2.05) is 49.4 Å². The Morgan fingerprint density at radius 1 is 1.04 bits per heavy atom. The van der Waals surface area contributed by atoms with E-state index < -0.39 is 17.7 Å². The van der Waals surface area contributed by atoms with Crippen molar-refractivity contribution in [1.82, 2.24) is 0 Å². The van der Waals surface area contributed by atoms with E-state index in [2.05, 4.69) is 0 Å². The van der Waals surface area contributed by atoms with Gasteiger partial charge in [-0.05, 0) is 36.1 Å². The Bertz CT molecular complexity index is 1040. The van der Waals surface area contributed by atoms with Crippen LogP contribution in [0.4, 0.5) is 5.69 Å². The van der Waals surface area contributed by atoms with Crippen molar-refractivity contribution in [1.29, 1.82) is 0 Å². The normalized spacial score (nSPS) is 16.9. The second-order valence-corrected chi connectivity index (χ2v) is 7.34. The highest BCUT2D eigenvalue weighted by Gasteiger charge is 2.44. The van der Waals surface area contributed by atoms with Gasteiger partial charge in [-0.1, -0.05) is 54.1 Å². The van der Waals surface area contributed by atoms with Crippen LogP contribution in [-0.2, 0) is 4.79 Å². The third kappa shape index (κ3) is 2.96. The van der Waals surface area contributed by atoms with Gasteiger partial charge < -0.3 is 5.11 Å². The zero-order chi connectivity index (χ0) is 19.0. The molecular weight excluding hydrogens is 358 g/mol. The number of carbonyl (C=O) groups excluding carboxylic acids is 2. The van der Waals surface area contributed by atoms with Gasteiger partial charge in [0.2, 0.25) is 5.78 Å². The van der Waals surface area contributed by atoms with Crippen molar-refractivity contribution in [2.45, 2.75) is 13.0 Å². The van der Waals surface area contributed by atoms with E-state index in [1.54, 1.807) is 29.6 Å². The van der Waals surface area contributed by atoms with Gasteiger partial charge in [0.15, 0.2) is 5.76 Å². The summed E-state index contributed by atoms with van der Waals surface area (Å²) in [5.41, 5.74) is 2.56. The van der Waals surface area contributed by atoms with Gasteiger partial charge in [-0.15, -0.1) is 11.3 Å². The third-order valence-electron chi connectivity index (χ3n) is 4.59. The summed E-state index contributed by atoms with van der Waals surface area (Å²) in [5.74, 6) is -1.36. The van der Waals surface area contributed by atoms with Gasteiger partial charge in [0.25, 0.3) is 5.91 Å². The lowest BCUT2D eigenvalue weighted by Crippen LogP contribution is -2.31. The SMILES string of the molecule is Cc1cccc(C2C(C(=O)c3cccs3)=C(O)C(=O)N2c2ccccc2)c1. The molecule has 1 amide bonds. The highest BCUT2D eigenvalue weighted by molar-refractivity contribution is 7.12. The number of hydrogen-bond acceptors (Lipinski definition) is 4. The minimum absolute atomic E-state index is 0.122. The van der Waals surface area contributed by atoms with Crippen molar-refractivity contribution in [3.63, 3.8) is 0 Å². The maximum Gasteiger partial charge on any atom is 0.294 e. The molecule has 2 heterocycles. The molecule has 0 fully saturated rings. The molecule has 4 rings (SSSR count). The van der Waals surface area contributed by atoms with Crippen LogP contribution < -0.4 is 4.90 Å². The maximum atomic E-state index is 13.1. The first-order chi connectivity index (χ1) is 13.1. The van der Waals surface area contributed by atoms with Gasteiger partial charge in [-0.3, -0.25) is 14.5 Å². The predicted octanol–water partition coefficient (Wildman–Crippen LogP) is 4.84. The Balaban J connectivity index is 1.90. The molecule has 1 aliphatic heterocycles. The number of hydrogen-bond donors (Lipinski definition) is 1. The Hall–Kier alpha value is -3.18. The van der Waals surface area contributed by atoms with Crippen LogP contribution in [-0.4, -0.2) is 16.8 Å². The van der Waals surface area contributed by atoms with E-state index in [4.69, 9.17) is 0 Å². The monoisotopic (exact) mass is 375 g/mol. The molecule has 0 radical (unpaired) electrons. The molecule has 4 nitrogen and oxygen atoms in total. The van der Waals surface area contributed by atoms with Crippen LogP contribution in [0.2, 0.25) is 0 Å². The number of nitrogens with zero attached hydrogens (tertiary/aromatic N) is 1. The molecule has 1 unspecified atom stereocenters. The van der Waals surface area contributed by atoms with Gasteiger partial charge >= 0.3 is 0 Å². The summed E-state index contributed by atoms with van der Waals surface area (Å²) < 4.78 is 0. The number of para-hydroxylation sites is 1. The molecule has 0 spiro atoms. The zero-order valence-corrected chi connectivity index (χ0v) is 15.4. The molecule has 1 atom stereocenters. The molecule has 0 aliphatic carbocycles. The Morgan fingerprint density at radius 2 is 1.81 bits per heavy atom. The van der Waals surface area contributed by atoms with Crippen molar-refractivity contribution in [3.8, 4) is 0 Å². The number of Topliss-reactive ketones (excluding diaryl/α,β-unsaturated/α-hetero) is 1. The Labute approximate surface area is 161 Å². The summed E-state index contributed by atoms with van der Waals surface area (Å²) in [6, 6.07) is 19.6. The van der Waals surface area contributed by atoms with Crippen molar-refractivity contribution in [2.75, 3.05) is 4.90 Å². The van der Waals surface area contributed by atoms with Gasteiger partial charge in [0.05, 0.1) is 16.5 Å². The van der Waals surface area contributed by atoms with Gasteiger partial charge in [-0.2, -0.15) is 0 Å². The summed E-state index contributed by atoms with van der Waals surface area (Å²) in [6.07, 6.45) is 0. The molecule has 5 heteroatoms. The predicted molar refractivity (Wildman–Crippen MR) is 106 cm³/mol. The van der Waals surface area contributed by atoms with Crippen LogP contribution in [0, 0.1) is 6.92 Å². The molecule has 0 bridgehead atoms. The molecular formula is C22H17NO3S. The number of rotatable bonds is 4. The minimum Gasteiger partial charge on any atom is -0.503 e. The van der Waals surface area contributed by atoms with E-state index in [0.29, 0.717) is 10.6 Å². The number of amides is 1. The fourth-order valence-corrected chi connectivity index (χ4v) is 4.07. The lowest BCUT2D eigenvalue weighted by atomic mass is 9.94. The van der Waals surface area contributed by atoms with Crippen molar-refractivity contribution < 1.29 is 14.7 Å². The highest BCUT2D eigenvalue weighted by Crippen LogP contribution is 2.42. The molecule has 1 aliphatic rings. The summed E-state index contributed by atoms with van der Waals surface area (Å²) in [7, 11) is 0. The van der Waals surface area contributed by atoms with Gasteiger partial charge in [0.1, 0.15) is 0 Å².